The van der Waals surface area contributed by atoms with Crippen LogP contribution in [0, 0.1) is 5.82 Å². The van der Waals surface area contributed by atoms with Crippen LogP contribution in [0.1, 0.15) is 38.8 Å². The van der Waals surface area contributed by atoms with Crippen molar-refractivity contribution < 1.29 is 27.1 Å². The summed E-state index contributed by atoms with van der Waals surface area (Å²) in [6, 6.07) is 7.15. The monoisotopic (exact) mass is 605 g/mol. The first-order chi connectivity index (χ1) is 19.3. The van der Waals surface area contributed by atoms with Crippen molar-refractivity contribution >= 4 is 39.1 Å². The maximum atomic E-state index is 15.5. The van der Waals surface area contributed by atoms with Crippen LogP contribution in [0.4, 0.5) is 14.9 Å². The van der Waals surface area contributed by atoms with Gasteiger partial charge in [-0.15, -0.1) is 10.2 Å². The van der Waals surface area contributed by atoms with Crippen molar-refractivity contribution in [2.24, 2.45) is 0 Å². The summed E-state index contributed by atoms with van der Waals surface area (Å²) in [5.74, 6) is -2.47. The van der Waals surface area contributed by atoms with Gasteiger partial charge in [0.05, 0.1) is 34.5 Å². The second kappa shape index (κ2) is 11.0. The lowest BCUT2D eigenvalue weighted by Crippen LogP contribution is -2.51. The summed E-state index contributed by atoms with van der Waals surface area (Å²) in [5, 5.41) is 18.4. The number of hydrogen-bond donors (Lipinski definition) is 2. The Morgan fingerprint density at radius 3 is 2.63 bits per heavy atom. The third-order valence-corrected chi connectivity index (χ3v) is 8.62. The molecule has 0 radical (unpaired) electrons. The number of carbonyl (C=O) groups is 2. The Bertz CT molecular complexity index is 1580. The lowest BCUT2D eigenvalue weighted by molar-refractivity contribution is -0.120. The van der Waals surface area contributed by atoms with Crippen LogP contribution in [0.25, 0.3) is 11.4 Å². The van der Waals surface area contributed by atoms with Gasteiger partial charge in [-0.3, -0.25) is 4.79 Å². The van der Waals surface area contributed by atoms with Gasteiger partial charge in [0.25, 0.3) is 5.91 Å². The smallest absolute Gasteiger partial charge is 0.408 e. The van der Waals surface area contributed by atoms with Crippen LogP contribution in [-0.2, 0) is 25.9 Å². The number of aromatic nitrogens is 4. The lowest BCUT2D eigenvalue weighted by Gasteiger charge is -2.27. The maximum Gasteiger partial charge on any atom is 0.408 e. The first-order valence-electron chi connectivity index (χ1n) is 12.9. The molecule has 2 N–H and O–H groups in total. The van der Waals surface area contributed by atoms with Crippen molar-refractivity contribution in [1.29, 1.82) is 0 Å². The summed E-state index contributed by atoms with van der Waals surface area (Å²) in [7, 11) is -4.27. The Labute approximate surface area is 241 Å². The van der Waals surface area contributed by atoms with Crippen molar-refractivity contribution in [3.8, 4) is 11.4 Å². The standard InChI is InChI=1S/C26H29ClFN7O5S/c1-26(2,3)40-25(37)30-20-14-41(38,39)22-11-19(28)18(23-31-33-35(32-23)17-8-9-29-12-17)10-21(22)34(24(20)36)13-15-4-6-16(27)7-5-15/h4-7,10-11,17,20,29H,8-9,12-14H2,1-3H3,(H,30,37)/t17?,20-/m0/s1. The molecule has 2 atom stereocenters. The van der Waals surface area contributed by atoms with Crippen molar-refractivity contribution in [3.05, 3.63) is 52.8 Å². The van der Waals surface area contributed by atoms with Crippen LogP contribution in [-0.4, -0.2) is 71.1 Å². The molecule has 2 amide bonds. The summed E-state index contributed by atoms with van der Waals surface area (Å²) in [4.78, 5) is 28.7. The highest BCUT2D eigenvalue weighted by molar-refractivity contribution is 7.91. The van der Waals surface area contributed by atoms with E-state index >= 15 is 4.39 Å². The molecular weight excluding hydrogens is 577 g/mol. The van der Waals surface area contributed by atoms with Gasteiger partial charge in [0.1, 0.15) is 17.5 Å². The first-order valence-corrected chi connectivity index (χ1v) is 15.0. The molecule has 3 aromatic rings. The molecule has 2 aliphatic rings. The zero-order valence-corrected chi connectivity index (χ0v) is 24.2. The molecular formula is C26H29ClFN7O5S. The maximum absolute atomic E-state index is 15.5. The number of rotatable bonds is 5. The van der Waals surface area contributed by atoms with Gasteiger partial charge in [-0.05, 0) is 68.8 Å². The predicted octanol–water partition coefficient (Wildman–Crippen LogP) is 2.88. The van der Waals surface area contributed by atoms with Gasteiger partial charge in [-0.1, -0.05) is 23.7 Å². The van der Waals surface area contributed by atoms with Gasteiger partial charge in [0.15, 0.2) is 9.84 Å². The van der Waals surface area contributed by atoms with Crippen LogP contribution >= 0.6 is 11.6 Å². The average molecular weight is 606 g/mol. The summed E-state index contributed by atoms with van der Waals surface area (Å²) >= 11 is 6.03. The molecule has 0 saturated carbocycles. The van der Waals surface area contributed by atoms with E-state index in [1.165, 1.54) is 15.8 Å². The molecule has 1 aromatic heterocycles. The molecule has 1 unspecified atom stereocenters. The number of anilines is 1. The van der Waals surface area contributed by atoms with Crippen LogP contribution in [0.3, 0.4) is 0 Å². The van der Waals surface area contributed by atoms with E-state index in [2.05, 4.69) is 26.0 Å². The quantitative estimate of drug-likeness (QED) is 0.448. The SMILES string of the molecule is CC(C)(C)OC(=O)N[C@H]1CS(=O)(=O)c2cc(F)c(-c3nnn(C4CCNC4)n3)cc2N(Cc2ccc(Cl)cc2)C1=O. The number of hydrogen-bond acceptors (Lipinski definition) is 9. The topological polar surface area (TPSA) is 148 Å². The minimum atomic E-state index is -4.27. The number of nitrogens with zero attached hydrogens (tertiary/aromatic N) is 5. The predicted molar refractivity (Wildman–Crippen MR) is 148 cm³/mol. The summed E-state index contributed by atoms with van der Waals surface area (Å²) < 4.78 is 47.8. The number of amides is 2. The minimum absolute atomic E-state index is 0.0526. The van der Waals surface area contributed by atoms with Gasteiger partial charge >= 0.3 is 6.09 Å². The Balaban J connectivity index is 1.59. The third kappa shape index (κ3) is 6.34. The number of ether oxygens (including phenoxy) is 1. The molecule has 12 nitrogen and oxygen atoms in total. The largest absolute Gasteiger partial charge is 0.444 e. The molecule has 218 valence electrons. The van der Waals surface area contributed by atoms with Gasteiger partial charge in [-0.25, -0.2) is 17.6 Å². The van der Waals surface area contributed by atoms with E-state index in [9.17, 15) is 18.0 Å². The lowest BCUT2D eigenvalue weighted by atomic mass is 10.1. The summed E-state index contributed by atoms with van der Waals surface area (Å²) in [5.41, 5.74) is -0.468. The van der Waals surface area contributed by atoms with E-state index in [-0.39, 0.29) is 29.7 Å². The number of carbonyl (C=O) groups excluding carboxylic acids is 2. The number of sulfone groups is 1. The highest BCUT2D eigenvalue weighted by atomic mass is 35.5. The van der Waals surface area contributed by atoms with E-state index in [4.69, 9.17) is 16.3 Å². The second-order valence-electron chi connectivity index (χ2n) is 10.9. The van der Waals surface area contributed by atoms with Gasteiger partial charge < -0.3 is 20.3 Å². The van der Waals surface area contributed by atoms with E-state index in [0.29, 0.717) is 17.1 Å². The molecule has 1 saturated heterocycles. The summed E-state index contributed by atoms with van der Waals surface area (Å²) in [6.07, 6.45) is -0.187. The molecule has 5 rings (SSSR count). The van der Waals surface area contributed by atoms with Crippen molar-refractivity contribution in [2.45, 2.75) is 56.3 Å². The van der Waals surface area contributed by atoms with Crippen LogP contribution in [0.15, 0.2) is 41.3 Å². The van der Waals surface area contributed by atoms with Crippen molar-refractivity contribution in [1.82, 2.24) is 30.8 Å². The molecule has 3 heterocycles. The molecule has 2 aromatic carbocycles. The Kier molecular flexibility index (Phi) is 7.74. The number of tetrazole rings is 1. The molecule has 1 fully saturated rings. The number of nitrogens with one attached hydrogen (secondary N) is 2. The average Bonchev–Trinajstić information content (AvgIpc) is 3.57. The zero-order valence-electron chi connectivity index (χ0n) is 22.6. The zero-order chi connectivity index (χ0) is 29.5. The van der Waals surface area contributed by atoms with E-state index in [0.717, 1.165) is 19.0 Å². The van der Waals surface area contributed by atoms with Gasteiger partial charge in [0.2, 0.25) is 5.82 Å². The number of halogens is 2. The molecule has 0 bridgehead atoms. The minimum Gasteiger partial charge on any atom is -0.444 e. The molecule has 41 heavy (non-hydrogen) atoms. The molecule has 15 heteroatoms. The van der Waals surface area contributed by atoms with Crippen molar-refractivity contribution in [3.63, 3.8) is 0 Å². The van der Waals surface area contributed by atoms with Crippen LogP contribution in [0.2, 0.25) is 5.02 Å². The van der Waals surface area contributed by atoms with E-state index < -0.39 is 49.9 Å². The number of fused-ring (bicyclic) bond motifs is 1. The first kappa shape index (κ1) is 28.9. The van der Waals surface area contributed by atoms with E-state index in [1.54, 1.807) is 45.0 Å². The van der Waals surface area contributed by atoms with Crippen LogP contribution < -0.4 is 15.5 Å². The molecule has 0 spiro atoms. The van der Waals surface area contributed by atoms with Gasteiger partial charge in [-0.2, -0.15) is 4.80 Å². The Morgan fingerprint density at radius 1 is 1.24 bits per heavy atom. The van der Waals surface area contributed by atoms with Crippen molar-refractivity contribution in [2.75, 3.05) is 23.7 Å². The molecule has 2 aliphatic heterocycles. The molecule has 0 aliphatic carbocycles. The van der Waals surface area contributed by atoms with E-state index in [1.807, 2.05) is 0 Å². The normalized spacial score (nSPS) is 20.4. The number of benzene rings is 2. The van der Waals surface area contributed by atoms with Gasteiger partial charge in [0, 0.05) is 11.6 Å². The highest BCUT2D eigenvalue weighted by Gasteiger charge is 2.40. The number of alkyl carbamates (subject to hydrolysis) is 1. The fourth-order valence-electron chi connectivity index (χ4n) is 4.68. The highest BCUT2D eigenvalue weighted by Crippen LogP contribution is 2.37. The summed E-state index contributed by atoms with van der Waals surface area (Å²) in [6.45, 7) is 6.24. The third-order valence-electron chi connectivity index (χ3n) is 6.60. The second-order valence-corrected chi connectivity index (χ2v) is 13.4. The fraction of sp³-hybridized carbons (Fsp3) is 0.423. The fourth-order valence-corrected chi connectivity index (χ4v) is 6.42. The Hall–Kier alpha value is -3.62. The van der Waals surface area contributed by atoms with Crippen LogP contribution in [0.5, 0.6) is 0 Å². The Morgan fingerprint density at radius 2 is 1.98 bits per heavy atom.